The molecule has 3 N–H and O–H groups in total. The maximum atomic E-state index is 11.6. The van der Waals surface area contributed by atoms with Gasteiger partial charge in [0.15, 0.2) is 0 Å². The molecule has 0 fully saturated rings. The normalized spacial score (nSPS) is 10.4. The molecule has 0 aliphatic carbocycles. The highest BCUT2D eigenvalue weighted by atomic mass is 79.9. The summed E-state index contributed by atoms with van der Waals surface area (Å²) in [6.45, 7) is 4.83. The molecule has 184 valence electrons. The lowest BCUT2D eigenvalue weighted by Gasteiger charge is -2.19. The summed E-state index contributed by atoms with van der Waals surface area (Å²) in [5.41, 5.74) is 3.74. The molecular weight excluding hydrogens is 631 g/mol. The van der Waals surface area contributed by atoms with Gasteiger partial charge in [-0.05, 0) is 76.9 Å². The van der Waals surface area contributed by atoms with Crippen molar-refractivity contribution < 1.29 is 28.9 Å². The van der Waals surface area contributed by atoms with E-state index in [0.717, 1.165) is 0 Å². The second-order valence-corrected chi connectivity index (χ2v) is 9.50. The highest BCUT2D eigenvalue weighted by Gasteiger charge is 2.26. The zero-order valence-electron chi connectivity index (χ0n) is 17.6. The average molecular weight is 647 g/mol. The minimum atomic E-state index is -1.23. The number of imide groups is 1. The Morgan fingerprint density at radius 1 is 0.941 bits per heavy atom. The van der Waals surface area contributed by atoms with Crippen LogP contribution in [0.3, 0.4) is 0 Å². The van der Waals surface area contributed by atoms with Crippen molar-refractivity contribution in [2.75, 3.05) is 5.73 Å². The van der Waals surface area contributed by atoms with Crippen LogP contribution in [-0.4, -0.2) is 27.6 Å². The van der Waals surface area contributed by atoms with Gasteiger partial charge in [0, 0.05) is 8.95 Å². The van der Waals surface area contributed by atoms with Crippen molar-refractivity contribution in [3.05, 3.63) is 63.5 Å². The number of amides is 2. The zero-order chi connectivity index (χ0) is 26.4. The Morgan fingerprint density at radius 3 is 1.85 bits per heavy atom. The van der Waals surface area contributed by atoms with E-state index in [2.05, 4.69) is 31.9 Å². The van der Waals surface area contributed by atoms with Crippen molar-refractivity contribution in [3.8, 4) is 5.75 Å². The molecule has 0 unspecified atom stereocenters. The van der Waals surface area contributed by atoms with E-state index < -0.39 is 39.1 Å². The summed E-state index contributed by atoms with van der Waals surface area (Å²) in [4.78, 5) is 43.0. The fourth-order valence-corrected chi connectivity index (χ4v) is 3.13. The number of ether oxygens (including phenoxy) is 2. The van der Waals surface area contributed by atoms with Gasteiger partial charge in [-0.25, -0.2) is 14.9 Å². The molecule has 0 spiro atoms. The van der Waals surface area contributed by atoms with Gasteiger partial charge < -0.3 is 15.2 Å². The van der Waals surface area contributed by atoms with Crippen molar-refractivity contribution in [2.24, 2.45) is 0 Å². The Morgan fingerprint density at radius 2 is 1.41 bits per heavy atom. The SMILES string of the molecule is CC(C)(C)OC(=O)NC(=O)Oc1ccc(Br)c(Cl)c1[N+](=O)[O-].Nc1ccc(Br)c(Cl)c1[N+](=O)[O-]. The molecular formula is C18H16Br2Cl2N4O8. The number of anilines is 1. The van der Waals surface area contributed by atoms with Crippen LogP contribution in [-0.2, 0) is 4.74 Å². The number of nitro benzene ring substituents is 2. The Labute approximate surface area is 219 Å². The maximum absolute atomic E-state index is 11.6. The minimum absolute atomic E-state index is 0.0278. The number of nitrogens with one attached hydrogen (secondary N) is 1. The van der Waals surface area contributed by atoms with Gasteiger partial charge in [0.05, 0.1) is 9.85 Å². The lowest BCUT2D eigenvalue weighted by atomic mass is 10.2. The number of carbonyl (C=O) groups excluding carboxylic acids is 2. The molecule has 0 atom stereocenters. The number of halogens is 4. The number of rotatable bonds is 3. The number of nitrogen functional groups attached to an aromatic ring is 1. The summed E-state index contributed by atoms with van der Waals surface area (Å²) in [5.74, 6) is -0.403. The second kappa shape index (κ2) is 12.1. The average Bonchev–Trinajstić information content (AvgIpc) is 2.66. The van der Waals surface area contributed by atoms with Crippen molar-refractivity contribution in [1.29, 1.82) is 0 Å². The van der Waals surface area contributed by atoms with Crippen LogP contribution in [0.15, 0.2) is 33.2 Å². The number of nitrogens with zero attached hydrogens (tertiary/aromatic N) is 2. The fraction of sp³-hybridized carbons (Fsp3) is 0.222. The smallest absolute Gasteiger partial charge is 0.422 e. The first-order valence-corrected chi connectivity index (χ1v) is 11.1. The molecule has 34 heavy (non-hydrogen) atoms. The van der Waals surface area contributed by atoms with Crippen molar-refractivity contribution >= 4 is 84.3 Å². The molecule has 0 radical (unpaired) electrons. The van der Waals surface area contributed by atoms with Gasteiger partial charge >= 0.3 is 23.6 Å². The van der Waals surface area contributed by atoms with Crippen molar-refractivity contribution in [1.82, 2.24) is 5.32 Å². The number of hydrogen-bond acceptors (Lipinski definition) is 9. The highest BCUT2D eigenvalue weighted by Crippen LogP contribution is 2.39. The van der Waals surface area contributed by atoms with Crippen LogP contribution < -0.4 is 15.8 Å². The third-order valence-corrected chi connectivity index (χ3v) is 5.85. The molecule has 2 amide bonds. The molecule has 0 saturated heterocycles. The molecule has 12 nitrogen and oxygen atoms in total. The van der Waals surface area contributed by atoms with Gasteiger partial charge in [0.2, 0.25) is 5.75 Å². The van der Waals surface area contributed by atoms with Gasteiger partial charge in [0.1, 0.15) is 21.3 Å². The van der Waals surface area contributed by atoms with Gasteiger partial charge in [-0.2, -0.15) is 0 Å². The summed E-state index contributed by atoms with van der Waals surface area (Å²) in [6, 6.07) is 5.52. The molecule has 2 aromatic rings. The van der Waals surface area contributed by atoms with Crippen LogP contribution in [0, 0.1) is 20.2 Å². The van der Waals surface area contributed by atoms with E-state index in [9.17, 15) is 29.8 Å². The number of hydrogen-bond donors (Lipinski definition) is 2. The Bertz CT molecular complexity index is 1140. The quantitative estimate of drug-likeness (QED) is 0.210. The molecule has 0 aliphatic rings. The van der Waals surface area contributed by atoms with Crippen LogP contribution in [0.5, 0.6) is 5.75 Å². The van der Waals surface area contributed by atoms with E-state index in [4.69, 9.17) is 38.4 Å². The predicted molar refractivity (Wildman–Crippen MR) is 131 cm³/mol. The standard InChI is InChI=1S/C12H12BrClN2O6.C6H4BrClN2O2/c1-12(2,3)22-11(18)15-10(17)21-7-5-4-6(13)8(14)9(7)16(19)20;7-3-1-2-4(9)6(5(3)8)10(11)12/h4-5H,1-3H3,(H,15,17,18);1-2H,9H2. The highest BCUT2D eigenvalue weighted by molar-refractivity contribution is 9.10. The van der Waals surface area contributed by atoms with Crippen LogP contribution in [0.1, 0.15) is 20.8 Å². The maximum Gasteiger partial charge on any atom is 0.422 e. The topological polar surface area (TPSA) is 177 Å². The van der Waals surface area contributed by atoms with Crippen LogP contribution in [0.25, 0.3) is 0 Å². The third-order valence-electron chi connectivity index (χ3n) is 3.30. The monoisotopic (exact) mass is 644 g/mol. The molecule has 16 heteroatoms. The third kappa shape index (κ3) is 8.59. The Kier molecular flexibility index (Phi) is 10.5. The lowest BCUT2D eigenvalue weighted by Crippen LogP contribution is -2.37. The lowest BCUT2D eigenvalue weighted by molar-refractivity contribution is -0.385. The number of carbonyl (C=O) groups is 2. The van der Waals surface area contributed by atoms with E-state index in [1.54, 1.807) is 32.2 Å². The predicted octanol–water partition coefficient (Wildman–Crippen LogP) is 6.63. The number of nitrogens with two attached hydrogens (primary N) is 1. The first-order valence-electron chi connectivity index (χ1n) is 8.77. The second-order valence-electron chi connectivity index (χ2n) is 7.04. The van der Waals surface area contributed by atoms with E-state index in [0.29, 0.717) is 4.47 Å². The van der Waals surface area contributed by atoms with Crippen LogP contribution in [0.2, 0.25) is 10.0 Å². The van der Waals surface area contributed by atoms with Crippen LogP contribution >= 0.6 is 55.1 Å². The molecule has 0 aliphatic heterocycles. The Balaban J connectivity index is 0.000000404. The first-order chi connectivity index (χ1) is 15.5. The van der Waals surface area contributed by atoms with Gasteiger partial charge in [-0.15, -0.1) is 0 Å². The van der Waals surface area contributed by atoms with Crippen molar-refractivity contribution in [3.63, 3.8) is 0 Å². The van der Waals surface area contributed by atoms with Gasteiger partial charge in [-0.3, -0.25) is 20.2 Å². The van der Waals surface area contributed by atoms with Gasteiger partial charge in [0.25, 0.3) is 0 Å². The van der Waals surface area contributed by atoms with Crippen LogP contribution in [0.4, 0.5) is 26.7 Å². The van der Waals surface area contributed by atoms with Gasteiger partial charge in [-0.1, -0.05) is 23.2 Å². The first kappa shape index (κ1) is 29.4. The molecule has 0 aromatic heterocycles. The number of nitro groups is 2. The molecule has 2 rings (SSSR count). The van der Waals surface area contributed by atoms with E-state index >= 15 is 0 Å². The number of benzene rings is 2. The van der Waals surface area contributed by atoms with E-state index in [-0.39, 0.29) is 25.9 Å². The summed E-state index contributed by atoms with van der Waals surface area (Å²) in [6.07, 6.45) is -2.26. The molecule has 0 saturated carbocycles. The summed E-state index contributed by atoms with van der Waals surface area (Å²) in [7, 11) is 0. The summed E-state index contributed by atoms with van der Waals surface area (Å²) >= 11 is 17.5. The Hall–Kier alpha value is -2.68. The molecule has 0 heterocycles. The largest absolute Gasteiger partial charge is 0.443 e. The number of alkyl carbamates (subject to hydrolysis) is 1. The van der Waals surface area contributed by atoms with Crippen molar-refractivity contribution in [2.45, 2.75) is 26.4 Å². The summed E-state index contributed by atoms with van der Waals surface area (Å²) < 4.78 is 10.3. The fourth-order valence-electron chi connectivity index (χ4n) is 2.03. The van der Waals surface area contributed by atoms with E-state index in [1.807, 2.05) is 0 Å². The zero-order valence-corrected chi connectivity index (χ0v) is 22.2. The minimum Gasteiger partial charge on any atom is -0.443 e. The molecule has 2 aromatic carbocycles. The molecule has 0 bridgehead atoms. The summed E-state index contributed by atoms with van der Waals surface area (Å²) in [5, 5.41) is 23.0. The van der Waals surface area contributed by atoms with E-state index in [1.165, 1.54) is 18.2 Å².